The van der Waals surface area contributed by atoms with E-state index in [1.807, 2.05) is 30.3 Å². The predicted molar refractivity (Wildman–Crippen MR) is 95.1 cm³/mol. The minimum Gasteiger partial charge on any atom is -0.352 e. The number of sulfonamides is 1. The Hall–Kier alpha value is -1.89. The molecule has 0 fully saturated rings. The number of hydrogen-bond acceptors (Lipinski definition) is 3. The van der Waals surface area contributed by atoms with Gasteiger partial charge in [0.1, 0.15) is 0 Å². The molecule has 0 bridgehead atoms. The molecular weight excluding hydrogens is 348 g/mol. The number of hydrogen-bond donors (Lipinski definition) is 2. The molecule has 1 amide bonds. The van der Waals surface area contributed by atoms with E-state index in [4.69, 9.17) is 11.6 Å². The molecule has 2 aromatic rings. The second-order valence-corrected chi connectivity index (χ2v) is 7.68. The van der Waals surface area contributed by atoms with Crippen molar-refractivity contribution in [2.75, 3.05) is 6.26 Å². The zero-order valence-electron chi connectivity index (χ0n) is 13.2. The third-order valence-electron chi connectivity index (χ3n) is 3.35. The average molecular weight is 367 g/mol. The number of carbonyl (C=O) groups is 1. The fraction of sp³-hybridized carbons (Fsp3) is 0.235. The van der Waals surface area contributed by atoms with Crippen LogP contribution in [0.15, 0.2) is 54.6 Å². The molecule has 0 aliphatic rings. The van der Waals surface area contributed by atoms with Crippen molar-refractivity contribution in [3.63, 3.8) is 0 Å². The van der Waals surface area contributed by atoms with Gasteiger partial charge in [-0.1, -0.05) is 54.1 Å². The van der Waals surface area contributed by atoms with Crippen molar-refractivity contribution < 1.29 is 13.2 Å². The highest BCUT2D eigenvalue weighted by molar-refractivity contribution is 7.88. The largest absolute Gasteiger partial charge is 0.352 e. The molecule has 0 saturated heterocycles. The Labute approximate surface area is 147 Å². The zero-order chi connectivity index (χ0) is 17.6. The molecule has 1 atom stereocenters. The van der Waals surface area contributed by atoms with Crippen LogP contribution in [-0.2, 0) is 21.4 Å². The van der Waals surface area contributed by atoms with Gasteiger partial charge in [0.15, 0.2) is 0 Å². The van der Waals surface area contributed by atoms with Crippen LogP contribution in [0.2, 0.25) is 5.02 Å². The highest BCUT2D eigenvalue weighted by Gasteiger charge is 2.19. The smallest absolute Gasteiger partial charge is 0.222 e. The van der Waals surface area contributed by atoms with Gasteiger partial charge in [0, 0.05) is 18.0 Å². The van der Waals surface area contributed by atoms with Crippen LogP contribution in [0.25, 0.3) is 0 Å². The summed E-state index contributed by atoms with van der Waals surface area (Å²) >= 11 is 5.85. The number of carbonyl (C=O) groups excluding carboxylic acids is 1. The van der Waals surface area contributed by atoms with E-state index < -0.39 is 16.1 Å². The highest BCUT2D eigenvalue weighted by atomic mass is 35.5. The van der Waals surface area contributed by atoms with Gasteiger partial charge < -0.3 is 5.32 Å². The Morgan fingerprint density at radius 2 is 1.71 bits per heavy atom. The van der Waals surface area contributed by atoms with E-state index in [1.165, 1.54) is 0 Å². The quantitative estimate of drug-likeness (QED) is 0.791. The van der Waals surface area contributed by atoms with Gasteiger partial charge in [0.2, 0.25) is 15.9 Å². The van der Waals surface area contributed by atoms with Crippen molar-refractivity contribution >= 4 is 27.5 Å². The molecule has 0 aromatic heterocycles. The van der Waals surface area contributed by atoms with Gasteiger partial charge >= 0.3 is 0 Å². The van der Waals surface area contributed by atoms with Crippen LogP contribution in [0, 0.1) is 0 Å². The molecule has 0 unspecified atom stereocenters. The first-order chi connectivity index (χ1) is 11.3. The first-order valence-electron chi connectivity index (χ1n) is 7.37. The van der Waals surface area contributed by atoms with Gasteiger partial charge in [-0.3, -0.25) is 4.79 Å². The van der Waals surface area contributed by atoms with Gasteiger partial charge in [0.05, 0.1) is 12.3 Å². The lowest BCUT2D eigenvalue weighted by molar-refractivity contribution is -0.121. The van der Waals surface area contributed by atoms with Gasteiger partial charge in [-0.25, -0.2) is 13.1 Å². The summed E-state index contributed by atoms with van der Waals surface area (Å²) in [5.74, 6) is -0.241. The lowest BCUT2D eigenvalue weighted by Crippen LogP contribution is -2.33. The number of rotatable bonds is 7. The first-order valence-corrected chi connectivity index (χ1v) is 9.64. The molecule has 128 valence electrons. The Morgan fingerprint density at radius 3 is 2.29 bits per heavy atom. The Balaban J connectivity index is 2.04. The summed E-state index contributed by atoms with van der Waals surface area (Å²) in [6.07, 6.45) is 1.07. The fourth-order valence-electron chi connectivity index (χ4n) is 2.24. The van der Waals surface area contributed by atoms with Crippen molar-refractivity contribution in [1.29, 1.82) is 0 Å². The number of nitrogens with one attached hydrogen (secondary N) is 2. The van der Waals surface area contributed by atoms with Gasteiger partial charge in [-0.05, 0) is 23.3 Å². The van der Waals surface area contributed by atoms with E-state index in [-0.39, 0.29) is 12.3 Å². The second kappa shape index (κ2) is 8.28. The van der Waals surface area contributed by atoms with Crippen LogP contribution >= 0.6 is 11.6 Å². The predicted octanol–water partition coefficient (Wildman–Crippen LogP) is 2.64. The number of benzene rings is 2. The van der Waals surface area contributed by atoms with Crippen molar-refractivity contribution in [3.8, 4) is 0 Å². The molecule has 0 radical (unpaired) electrons. The Bertz CT molecular complexity index is 777. The van der Waals surface area contributed by atoms with Crippen molar-refractivity contribution in [1.82, 2.24) is 10.0 Å². The SMILES string of the molecule is CS(=O)(=O)N[C@H](CC(=O)NCc1ccccc1)c1ccc(Cl)cc1. The third-order valence-corrected chi connectivity index (χ3v) is 4.32. The lowest BCUT2D eigenvalue weighted by Gasteiger charge is -2.18. The maximum absolute atomic E-state index is 12.2. The first kappa shape index (κ1) is 18.4. The van der Waals surface area contributed by atoms with Crippen LogP contribution in [-0.4, -0.2) is 20.6 Å². The van der Waals surface area contributed by atoms with E-state index >= 15 is 0 Å². The monoisotopic (exact) mass is 366 g/mol. The number of halogens is 1. The second-order valence-electron chi connectivity index (χ2n) is 5.46. The van der Waals surface area contributed by atoms with E-state index in [2.05, 4.69) is 10.0 Å². The summed E-state index contributed by atoms with van der Waals surface area (Å²) in [4.78, 5) is 12.2. The van der Waals surface area contributed by atoms with Crippen molar-refractivity contribution in [2.45, 2.75) is 19.0 Å². The maximum Gasteiger partial charge on any atom is 0.222 e. The van der Waals surface area contributed by atoms with Crippen LogP contribution in [0.4, 0.5) is 0 Å². The van der Waals surface area contributed by atoms with E-state index in [0.29, 0.717) is 17.1 Å². The lowest BCUT2D eigenvalue weighted by atomic mass is 10.0. The molecule has 2 N–H and O–H groups in total. The van der Waals surface area contributed by atoms with Crippen LogP contribution < -0.4 is 10.0 Å². The van der Waals surface area contributed by atoms with Gasteiger partial charge in [-0.2, -0.15) is 0 Å². The summed E-state index contributed by atoms with van der Waals surface area (Å²) in [6, 6.07) is 15.6. The fourth-order valence-corrected chi connectivity index (χ4v) is 3.10. The minimum absolute atomic E-state index is 0.00152. The van der Waals surface area contributed by atoms with Crippen LogP contribution in [0.1, 0.15) is 23.6 Å². The summed E-state index contributed by atoms with van der Waals surface area (Å²) in [7, 11) is -3.46. The highest BCUT2D eigenvalue weighted by Crippen LogP contribution is 2.20. The van der Waals surface area contributed by atoms with Gasteiger partial charge in [0.25, 0.3) is 0 Å². The maximum atomic E-state index is 12.2. The molecule has 24 heavy (non-hydrogen) atoms. The normalized spacial score (nSPS) is 12.6. The molecule has 0 aliphatic carbocycles. The summed E-state index contributed by atoms with van der Waals surface area (Å²) in [6.45, 7) is 0.395. The van der Waals surface area contributed by atoms with E-state index in [1.54, 1.807) is 24.3 Å². The number of amides is 1. The summed E-state index contributed by atoms with van der Waals surface area (Å²) in [5, 5.41) is 3.34. The average Bonchev–Trinajstić information content (AvgIpc) is 2.53. The minimum atomic E-state index is -3.46. The van der Waals surface area contributed by atoms with Crippen molar-refractivity contribution in [3.05, 3.63) is 70.7 Å². The van der Waals surface area contributed by atoms with Crippen LogP contribution in [0.5, 0.6) is 0 Å². The molecule has 5 nitrogen and oxygen atoms in total. The molecule has 0 heterocycles. The standard InChI is InChI=1S/C17H19ClN2O3S/c1-24(22,23)20-16(14-7-9-15(18)10-8-14)11-17(21)19-12-13-5-3-2-4-6-13/h2-10,16,20H,11-12H2,1H3,(H,19,21)/t16-/m1/s1. The third kappa shape index (κ3) is 6.31. The summed E-state index contributed by atoms with van der Waals surface area (Å²) in [5.41, 5.74) is 1.66. The summed E-state index contributed by atoms with van der Waals surface area (Å²) < 4.78 is 25.6. The molecule has 0 saturated carbocycles. The van der Waals surface area contributed by atoms with E-state index in [9.17, 15) is 13.2 Å². The Morgan fingerprint density at radius 1 is 1.08 bits per heavy atom. The molecule has 2 rings (SSSR count). The van der Waals surface area contributed by atoms with E-state index in [0.717, 1.165) is 11.8 Å². The molecule has 0 aliphatic heterocycles. The van der Waals surface area contributed by atoms with Crippen molar-refractivity contribution in [2.24, 2.45) is 0 Å². The van der Waals surface area contributed by atoms with Crippen LogP contribution in [0.3, 0.4) is 0 Å². The molecule has 0 spiro atoms. The van der Waals surface area contributed by atoms with Gasteiger partial charge in [-0.15, -0.1) is 0 Å². The zero-order valence-corrected chi connectivity index (χ0v) is 14.8. The molecule has 7 heteroatoms. The molecule has 2 aromatic carbocycles. The Kier molecular flexibility index (Phi) is 6.36. The molecular formula is C17H19ClN2O3S. The topological polar surface area (TPSA) is 75.3 Å².